The normalized spacial score (nSPS) is 10.7. The Morgan fingerprint density at radius 3 is 2.88 bits per heavy atom. The zero-order valence-electron chi connectivity index (χ0n) is 8.84. The number of aromatic nitrogens is 1. The van der Waals surface area contributed by atoms with Crippen molar-refractivity contribution in [2.24, 2.45) is 0 Å². The SMILES string of the molecule is CCc1csc(Cc2c(F)cccc2Cl)n1. The second kappa shape index (κ2) is 4.93. The third-order valence-electron chi connectivity index (χ3n) is 2.35. The van der Waals surface area contributed by atoms with E-state index in [9.17, 15) is 4.39 Å². The minimum absolute atomic E-state index is 0.263. The van der Waals surface area contributed by atoms with Gasteiger partial charge >= 0.3 is 0 Å². The van der Waals surface area contributed by atoms with Gasteiger partial charge in [0.1, 0.15) is 5.82 Å². The summed E-state index contributed by atoms with van der Waals surface area (Å²) in [6.07, 6.45) is 1.37. The summed E-state index contributed by atoms with van der Waals surface area (Å²) >= 11 is 7.51. The zero-order valence-corrected chi connectivity index (χ0v) is 10.4. The van der Waals surface area contributed by atoms with Crippen LogP contribution >= 0.6 is 22.9 Å². The molecule has 0 saturated carbocycles. The molecule has 0 bridgehead atoms. The maximum atomic E-state index is 13.5. The summed E-state index contributed by atoms with van der Waals surface area (Å²) < 4.78 is 13.5. The summed E-state index contributed by atoms with van der Waals surface area (Å²) in [6.45, 7) is 2.05. The van der Waals surface area contributed by atoms with Crippen LogP contribution in [0.4, 0.5) is 4.39 Å². The van der Waals surface area contributed by atoms with Crippen LogP contribution in [0.15, 0.2) is 23.6 Å². The first kappa shape index (κ1) is 11.6. The van der Waals surface area contributed by atoms with Crippen LogP contribution in [-0.4, -0.2) is 4.98 Å². The Hall–Kier alpha value is -0.930. The van der Waals surface area contributed by atoms with Crippen LogP contribution < -0.4 is 0 Å². The molecule has 0 aliphatic heterocycles. The highest BCUT2D eigenvalue weighted by molar-refractivity contribution is 7.09. The number of hydrogen-bond acceptors (Lipinski definition) is 2. The topological polar surface area (TPSA) is 12.9 Å². The van der Waals surface area contributed by atoms with Crippen LogP contribution in [0, 0.1) is 5.82 Å². The number of benzene rings is 1. The average molecular weight is 256 g/mol. The van der Waals surface area contributed by atoms with Crippen molar-refractivity contribution in [3.63, 3.8) is 0 Å². The monoisotopic (exact) mass is 255 g/mol. The highest BCUT2D eigenvalue weighted by Crippen LogP contribution is 2.23. The quantitative estimate of drug-likeness (QED) is 0.805. The Morgan fingerprint density at radius 1 is 1.44 bits per heavy atom. The van der Waals surface area contributed by atoms with Gasteiger partial charge in [-0.05, 0) is 18.6 Å². The van der Waals surface area contributed by atoms with Crippen LogP contribution in [-0.2, 0) is 12.8 Å². The highest BCUT2D eigenvalue weighted by Gasteiger charge is 2.10. The largest absolute Gasteiger partial charge is 0.246 e. The lowest BCUT2D eigenvalue weighted by Gasteiger charge is -2.02. The van der Waals surface area contributed by atoms with Gasteiger partial charge in [0.2, 0.25) is 0 Å². The predicted molar refractivity (Wildman–Crippen MR) is 65.7 cm³/mol. The van der Waals surface area contributed by atoms with E-state index >= 15 is 0 Å². The molecule has 0 radical (unpaired) electrons. The van der Waals surface area contributed by atoms with Gasteiger partial charge in [-0.15, -0.1) is 11.3 Å². The Kier molecular flexibility index (Phi) is 3.56. The van der Waals surface area contributed by atoms with E-state index in [1.165, 1.54) is 6.07 Å². The lowest BCUT2D eigenvalue weighted by atomic mass is 10.1. The van der Waals surface area contributed by atoms with Crippen LogP contribution in [0.1, 0.15) is 23.2 Å². The van der Waals surface area contributed by atoms with Crippen molar-refractivity contribution in [3.8, 4) is 0 Å². The number of aryl methyl sites for hydroxylation is 1. The third kappa shape index (κ3) is 2.42. The third-order valence-corrected chi connectivity index (χ3v) is 3.60. The maximum absolute atomic E-state index is 13.5. The summed E-state index contributed by atoms with van der Waals surface area (Å²) in [5, 5.41) is 3.38. The fourth-order valence-electron chi connectivity index (χ4n) is 1.44. The predicted octanol–water partition coefficient (Wildman–Crippen LogP) is 4.09. The molecule has 4 heteroatoms. The van der Waals surface area contributed by atoms with Crippen molar-refractivity contribution in [1.82, 2.24) is 4.98 Å². The number of halogens is 2. The van der Waals surface area contributed by atoms with Crippen molar-refractivity contribution in [1.29, 1.82) is 0 Å². The van der Waals surface area contributed by atoms with Gasteiger partial charge in [0.05, 0.1) is 10.7 Å². The Balaban J connectivity index is 2.26. The molecule has 0 amide bonds. The molecule has 0 saturated heterocycles. The second-order valence-corrected chi connectivity index (χ2v) is 4.81. The van der Waals surface area contributed by atoms with Crippen LogP contribution in [0.2, 0.25) is 5.02 Å². The first-order valence-corrected chi connectivity index (χ1v) is 6.32. The molecular weight excluding hydrogens is 245 g/mol. The van der Waals surface area contributed by atoms with Gasteiger partial charge in [0.15, 0.2) is 0 Å². The molecule has 1 aromatic heterocycles. The molecule has 84 valence electrons. The molecule has 0 atom stereocenters. The molecule has 1 heterocycles. The highest BCUT2D eigenvalue weighted by atomic mass is 35.5. The minimum atomic E-state index is -0.263. The summed E-state index contributed by atoms with van der Waals surface area (Å²) in [5.74, 6) is -0.263. The van der Waals surface area contributed by atoms with E-state index in [0.29, 0.717) is 17.0 Å². The van der Waals surface area contributed by atoms with E-state index in [-0.39, 0.29) is 5.82 Å². The van der Waals surface area contributed by atoms with Gasteiger partial charge in [0.25, 0.3) is 0 Å². The number of nitrogens with zero attached hydrogens (tertiary/aromatic N) is 1. The van der Waals surface area contributed by atoms with Crippen molar-refractivity contribution >= 4 is 22.9 Å². The summed E-state index contributed by atoms with van der Waals surface area (Å²) in [4.78, 5) is 4.40. The van der Waals surface area contributed by atoms with Gasteiger partial charge in [0, 0.05) is 22.4 Å². The summed E-state index contributed by atoms with van der Waals surface area (Å²) in [7, 11) is 0. The van der Waals surface area contributed by atoms with E-state index in [2.05, 4.69) is 11.9 Å². The number of thiazole rings is 1. The Labute approximate surface area is 103 Å². The standard InChI is InChI=1S/C12H11ClFNS/c1-2-8-7-16-12(15-8)6-9-10(13)4-3-5-11(9)14/h3-5,7H,2,6H2,1H3. The van der Waals surface area contributed by atoms with E-state index in [4.69, 9.17) is 11.6 Å². The smallest absolute Gasteiger partial charge is 0.128 e. The zero-order chi connectivity index (χ0) is 11.5. The lowest BCUT2D eigenvalue weighted by molar-refractivity contribution is 0.614. The van der Waals surface area contributed by atoms with E-state index < -0.39 is 0 Å². The molecule has 0 aliphatic carbocycles. The lowest BCUT2D eigenvalue weighted by Crippen LogP contribution is -1.93. The van der Waals surface area contributed by atoms with Crippen molar-refractivity contribution in [3.05, 3.63) is 50.7 Å². The van der Waals surface area contributed by atoms with Gasteiger partial charge in [-0.25, -0.2) is 9.37 Å². The maximum Gasteiger partial charge on any atom is 0.128 e. The molecule has 2 rings (SSSR count). The van der Waals surface area contributed by atoms with Gasteiger partial charge in [-0.1, -0.05) is 24.6 Å². The van der Waals surface area contributed by atoms with Gasteiger partial charge in [-0.3, -0.25) is 0 Å². The number of hydrogen-bond donors (Lipinski definition) is 0. The fourth-order valence-corrected chi connectivity index (χ4v) is 2.56. The van der Waals surface area contributed by atoms with Crippen molar-refractivity contribution < 1.29 is 4.39 Å². The van der Waals surface area contributed by atoms with Crippen LogP contribution in [0.5, 0.6) is 0 Å². The molecular formula is C12H11ClFNS. The first-order chi connectivity index (χ1) is 7.70. The minimum Gasteiger partial charge on any atom is -0.246 e. The van der Waals surface area contributed by atoms with Crippen molar-refractivity contribution in [2.45, 2.75) is 19.8 Å². The second-order valence-electron chi connectivity index (χ2n) is 3.46. The molecule has 0 fully saturated rings. The molecule has 0 unspecified atom stereocenters. The van der Waals surface area contributed by atoms with Gasteiger partial charge < -0.3 is 0 Å². The van der Waals surface area contributed by atoms with Gasteiger partial charge in [-0.2, -0.15) is 0 Å². The molecule has 1 aromatic carbocycles. The molecule has 0 N–H and O–H groups in total. The first-order valence-electron chi connectivity index (χ1n) is 5.07. The molecule has 16 heavy (non-hydrogen) atoms. The van der Waals surface area contributed by atoms with E-state index in [0.717, 1.165) is 17.1 Å². The molecule has 0 spiro atoms. The Morgan fingerprint density at radius 2 is 2.25 bits per heavy atom. The average Bonchev–Trinajstić information content (AvgIpc) is 2.71. The van der Waals surface area contributed by atoms with E-state index in [1.54, 1.807) is 23.5 Å². The molecule has 0 aliphatic rings. The summed E-state index contributed by atoms with van der Waals surface area (Å²) in [6, 6.07) is 4.74. The van der Waals surface area contributed by atoms with Crippen LogP contribution in [0.25, 0.3) is 0 Å². The van der Waals surface area contributed by atoms with E-state index in [1.807, 2.05) is 5.38 Å². The summed E-state index contributed by atoms with van der Waals surface area (Å²) in [5.41, 5.74) is 1.58. The molecule has 2 aromatic rings. The van der Waals surface area contributed by atoms with Crippen LogP contribution in [0.3, 0.4) is 0 Å². The number of rotatable bonds is 3. The fraction of sp³-hybridized carbons (Fsp3) is 0.250. The van der Waals surface area contributed by atoms with Crippen molar-refractivity contribution in [2.75, 3.05) is 0 Å². The Bertz CT molecular complexity index is 475. The molecule has 1 nitrogen and oxygen atoms in total.